The van der Waals surface area contributed by atoms with Crippen LogP contribution in [0.3, 0.4) is 0 Å². The van der Waals surface area contributed by atoms with Gasteiger partial charge in [0.2, 0.25) is 0 Å². The van der Waals surface area contributed by atoms with Crippen molar-refractivity contribution in [1.82, 2.24) is 10.3 Å². The number of nitrogens with zero attached hydrogens (tertiary/aromatic N) is 1. The van der Waals surface area contributed by atoms with E-state index in [2.05, 4.69) is 36.5 Å². The highest BCUT2D eigenvalue weighted by Gasteiger charge is 2.32. The molecule has 0 atom stereocenters. The Balaban J connectivity index is 1.97. The van der Waals surface area contributed by atoms with Gasteiger partial charge >= 0.3 is 0 Å². The predicted molar refractivity (Wildman–Crippen MR) is 83.8 cm³/mol. The Morgan fingerprint density at radius 1 is 1.32 bits per heavy atom. The SMILES string of the molecule is Cc1csc(CC2(CNCC(C)C)CCCCC2)n1. The topological polar surface area (TPSA) is 24.9 Å². The zero-order valence-electron chi connectivity index (χ0n) is 12.7. The fourth-order valence-electron chi connectivity index (χ4n) is 3.15. The van der Waals surface area contributed by atoms with Gasteiger partial charge in [0.25, 0.3) is 0 Å². The first-order chi connectivity index (χ1) is 9.10. The maximum absolute atomic E-state index is 4.68. The second-order valence-electron chi connectivity index (χ2n) is 6.64. The summed E-state index contributed by atoms with van der Waals surface area (Å²) in [5, 5.41) is 7.23. The van der Waals surface area contributed by atoms with Gasteiger partial charge in [-0.3, -0.25) is 0 Å². The number of rotatable bonds is 6. The van der Waals surface area contributed by atoms with E-state index in [4.69, 9.17) is 0 Å². The van der Waals surface area contributed by atoms with E-state index in [1.54, 1.807) is 0 Å². The first-order valence-corrected chi connectivity index (χ1v) is 8.59. The van der Waals surface area contributed by atoms with Crippen LogP contribution in [0.1, 0.15) is 56.7 Å². The van der Waals surface area contributed by atoms with Crippen LogP contribution >= 0.6 is 11.3 Å². The lowest BCUT2D eigenvalue weighted by molar-refractivity contribution is 0.179. The minimum absolute atomic E-state index is 0.470. The van der Waals surface area contributed by atoms with Crippen LogP contribution in [-0.2, 0) is 6.42 Å². The first kappa shape index (κ1) is 15.0. The van der Waals surface area contributed by atoms with Crippen molar-refractivity contribution in [2.75, 3.05) is 13.1 Å². The molecule has 2 nitrogen and oxygen atoms in total. The molecule has 0 unspecified atom stereocenters. The molecule has 1 aliphatic rings. The molecule has 1 aromatic heterocycles. The molecule has 1 heterocycles. The van der Waals surface area contributed by atoms with Crippen molar-refractivity contribution in [3.63, 3.8) is 0 Å². The summed E-state index contributed by atoms with van der Waals surface area (Å²) in [4.78, 5) is 4.68. The summed E-state index contributed by atoms with van der Waals surface area (Å²) in [5.74, 6) is 0.739. The zero-order chi connectivity index (χ0) is 13.7. The second kappa shape index (κ2) is 6.85. The quantitative estimate of drug-likeness (QED) is 0.845. The molecule has 0 aliphatic heterocycles. The van der Waals surface area contributed by atoms with Crippen molar-refractivity contribution >= 4 is 11.3 Å². The Kier molecular flexibility index (Phi) is 5.40. The molecular formula is C16H28N2S. The number of aryl methyl sites for hydroxylation is 1. The van der Waals surface area contributed by atoms with E-state index in [9.17, 15) is 0 Å². The van der Waals surface area contributed by atoms with E-state index in [0.717, 1.165) is 12.5 Å². The van der Waals surface area contributed by atoms with Crippen LogP contribution in [0.25, 0.3) is 0 Å². The molecule has 108 valence electrons. The molecule has 0 saturated heterocycles. The number of nitrogens with one attached hydrogen (secondary N) is 1. The van der Waals surface area contributed by atoms with Gasteiger partial charge in [-0.1, -0.05) is 33.1 Å². The Morgan fingerprint density at radius 2 is 2.05 bits per heavy atom. The van der Waals surface area contributed by atoms with Crippen LogP contribution in [-0.4, -0.2) is 18.1 Å². The van der Waals surface area contributed by atoms with Crippen LogP contribution in [0.4, 0.5) is 0 Å². The summed E-state index contributed by atoms with van der Waals surface area (Å²) < 4.78 is 0. The van der Waals surface area contributed by atoms with Crippen LogP contribution in [0.15, 0.2) is 5.38 Å². The van der Waals surface area contributed by atoms with Crippen molar-refractivity contribution in [3.8, 4) is 0 Å². The van der Waals surface area contributed by atoms with E-state index < -0.39 is 0 Å². The summed E-state index contributed by atoms with van der Waals surface area (Å²) in [6, 6.07) is 0. The molecule has 1 saturated carbocycles. The third kappa shape index (κ3) is 4.57. The van der Waals surface area contributed by atoms with Gasteiger partial charge in [-0.05, 0) is 37.6 Å². The third-order valence-corrected chi connectivity index (χ3v) is 5.13. The molecule has 2 rings (SSSR count). The molecule has 1 aliphatic carbocycles. The average molecular weight is 280 g/mol. The third-order valence-electron chi connectivity index (χ3n) is 4.16. The minimum Gasteiger partial charge on any atom is -0.316 e. The van der Waals surface area contributed by atoms with Crippen molar-refractivity contribution in [2.45, 2.75) is 59.3 Å². The summed E-state index contributed by atoms with van der Waals surface area (Å²) in [6.07, 6.45) is 8.13. The second-order valence-corrected chi connectivity index (χ2v) is 7.59. The van der Waals surface area contributed by atoms with Crippen LogP contribution in [0, 0.1) is 18.3 Å². The van der Waals surface area contributed by atoms with E-state index in [0.29, 0.717) is 5.41 Å². The van der Waals surface area contributed by atoms with E-state index in [-0.39, 0.29) is 0 Å². The van der Waals surface area contributed by atoms with Gasteiger partial charge in [-0.25, -0.2) is 4.98 Å². The Labute approximate surface area is 122 Å². The van der Waals surface area contributed by atoms with Crippen molar-refractivity contribution in [1.29, 1.82) is 0 Å². The molecule has 0 radical (unpaired) electrons. The van der Waals surface area contributed by atoms with Crippen molar-refractivity contribution < 1.29 is 0 Å². The molecular weight excluding hydrogens is 252 g/mol. The van der Waals surface area contributed by atoms with Crippen LogP contribution < -0.4 is 5.32 Å². The summed E-state index contributed by atoms with van der Waals surface area (Å²) in [5.41, 5.74) is 1.65. The van der Waals surface area contributed by atoms with Gasteiger partial charge in [-0.15, -0.1) is 11.3 Å². The molecule has 3 heteroatoms. The molecule has 0 spiro atoms. The largest absolute Gasteiger partial charge is 0.316 e. The fourth-order valence-corrected chi connectivity index (χ4v) is 4.09. The summed E-state index contributed by atoms with van der Waals surface area (Å²) in [6.45, 7) is 8.97. The van der Waals surface area contributed by atoms with Gasteiger partial charge in [0.05, 0.1) is 5.01 Å². The van der Waals surface area contributed by atoms with Crippen LogP contribution in [0.2, 0.25) is 0 Å². The summed E-state index contributed by atoms with van der Waals surface area (Å²) in [7, 11) is 0. The van der Waals surface area contributed by atoms with Crippen molar-refractivity contribution in [3.05, 3.63) is 16.1 Å². The fraction of sp³-hybridized carbons (Fsp3) is 0.812. The van der Waals surface area contributed by atoms with Crippen molar-refractivity contribution in [2.24, 2.45) is 11.3 Å². The molecule has 1 fully saturated rings. The highest BCUT2D eigenvalue weighted by Crippen LogP contribution is 2.39. The van der Waals surface area contributed by atoms with E-state index in [1.165, 1.54) is 55.8 Å². The van der Waals surface area contributed by atoms with E-state index >= 15 is 0 Å². The lowest BCUT2D eigenvalue weighted by atomic mass is 9.72. The average Bonchev–Trinajstić information content (AvgIpc) is 2.75. The molecule has 1 aromatic rings. The lowest BCUT2D eigenvalue weighted by Gasteiger charge is -2.37. The Morgan fingerprint density at radius 3 is 2.63 bits per heavy atom. The molecule has 0 aromatic carbocycles. The predicted octanol–water partition coefficient (Wildman–Crippen LogP) is 4.19. The maximum Gasteiger partial charge on any atom is 0.0934 e. The number of hydrogen-bond acceptors (Lipinski definition) is 3. The monoisotopic (exact) mass is 280 g/mol. The van der Waals surface area contributed by atoms with E-state index in [1.807, 2.05) is 11.3 Å². The minimum atomic E-state index is 0.470. The number of thiazole rings is 1. The van der Waals surface area contributed by atoms with Gasteiger partial charge in [0.15, 0.2) is 0 Å². The van der Waals surface area contributed by atoms with Crippen LogP contribution in [0.5, 0.6) is 0 Å². The smallest absolute Gasteiger partial charge is 0.0934 e. The molecule has 0 bridgehead atoms. The lowest BCUT2D eigenvalue weighted by Crippen LogP contribution is -2.39. The van der Waals surface area contributed by atoms with Gasteiger partial charge in [-0.2, -0.15) is 0 Å². The zero-order valence-corrected chi connectivity index (χ0v) is 13.5. The van der Waals surface area contributed by atoms with Gasteiger partial charge in [0, 0.05) is 24.0 Å². The highest BCUT2D eigenvalue weighted by atomic mass is 32.1. The standard InChI is InChI=1S/C16H28N2S/c1-13(2)10-17-12-16(7-5-4-6-8-16)9-15-18-14(3)11-19-15/h11,13,17H,4-10,12H2,1-3H3. The number of hydrogen-bond donors (Lipinski definition) is 1. The maximum atomic E-state index is 4.68. The highest BCUT2D eigenvalue weighted by molar-refractivity contribution is 7.09. The number of aromatic nitrogens is 1. The molecule has 1 N–H and O–H groups in total. The molecule has 0 amide bonds. The summed E-state index contributed by atoms with van der Waals surface area (Å²) >= 11 is 1.84. The van der Waals surface area contributed by atoms with Gasteiger partial charge in [0.1, 0.15) is 0 Å². The van der Waals surface area contributed by atoms with Gasteiger partial charge < -0.3 is 5.32 Å². The first-order valence-electron chi connectivity index (χ1n) is 7.71. The molecule has 19 heavy (non-hydrogen) atoms. The Hall–Kier alpha value is -0.410. The Bertz CT molecular complexity index is 378. The normalized spacial score (nSPS) is 18.9.